The number of carbonyl (C=O) groups excluding carboxylic acids is 1. The molecule has 27 heavy (non-hydrogen) atoms. The van der Waals surface area contributed by atoms with Gasteiger partial charge in [-0.1, -0.05) is 6.07 Å². The minimum atomic E-state index is -0.457. The van der Waals surface area contributed by atoms with Crippen LogP contribution in [-0.4, -0.2) is 67.9 Å². The Morgan fingerprint density at radius 3 is 2.59 bits per heavy atom. The van der Waals surface area contributed by atoms with Crippen molar-refractivity contribution in [3.63, 3.8) is 0 Å². The summed E-state index contributed by atoms with van der Waals surface area (Å²) in [7, 11) is 1.71. The minimum absolute atomic E-state index is 0.0313. The van der Waals surface area contributed by atoms with Crippen LogP contribution in [-0.2, 0) is 15.9 Å². The van der Waals surface area contributed by atoms with Gasteiger partial charge in [0.25, 0.3) is 0 Å². The molecule has 0 bridgehead atoms. The Hall–Kier alpha value is -1.31. The molecule has 1 saturated heterocycles. The quantitative estimate of drug-likeness (QED) is 0.717. The second kappa shape index (κ2) is 8.37. The zero-order chi connectivity index (χ0) is 19.6. The van der Waals surface area contributed by atoms with Crippen molar-refractivity contribution in [1.29, 1.82) is 0 Å². The summed E-state index contributed by atoms with van der Waals surface area (Å²) < 4.78 is 18.1. The number of nitrogens with zero attached hydrogens (tertiary/aromatic N) is 2. The Balaban J connectivity index is 1.60. The molecule has 1 fully saturated rings. The summed E-state index contributed by atoms with van der Waals surface area (Å²) in [5, 5.41) is 0. The number of piperazine rings is 1. The van der Waals surface area contributed by atoms with Crippen LogP contribution in [0.4, 0.5) is 4.79 Å². The van der Waals surface area contributed by atoms with Crippen molar-refractivity contribution in [2.45, 2.75) is 38.9 Å². The van der Waals surface area contributed by atoms with E-state index in [0.29, 0.717) is 19.7 Å². The van der Waals surface area contributed by atoms with Crippen LogP contribution in [0.25, 0.3) is 0 Å². The Morgan fingerprint density at radius 2 is 1.96 bits per heavy atom. The highest BCUT2D eigenvalue weighted by molar-refractivity contribution is 9.10. The molecule has 0 radical (unpaired) electrons. The van der Waals surface area contributed by atoms with Gasteiger partial charge in [-0.3, -0.25) is 4.90 Å². The number of carbonyl (C=O) groups is 1. The highest BCUT2D eigenvalue weighted by Crippen LogP contribution is 2.38. The number of benzene rings is 1. The zero-order valence-corrected chi connectivity index (χ0v) is 18.2. The third-order valence-electron chi connectivity index (χ3n) is 4.92. The lowest BCUT2D eigenvalue weighted by Crippen LogP contribution is -2.51. The van der Waals surface area contributed by atoms with E-state index in [-0.39, 0.29) is 12.2 Å². The predicted octanol–water partition coefficient (Wildman–Crippen LogP) is 3.62. The molecule has 150 valence electrons. The topological polar surface area (TPSA) is 51.2 Å². The third-order valence-corrected chi connectivity index (χ3v) is 5.54. The van der Waals surface area contributed by atoms with Crippen molar-refractivity contribution in [3.8, 4) is 5.75 Å². The van der Waals surface area contributed by atoms with Crippen LogP contribution in [0.1, 0.15) is 38.0 Å². The van der Waals surface area contributed by atoms with Gasteiger partial charge in [-0.15, -0.1) is 0 Å². The molecule has 1 aromatic rings. The summed E-state index contributed by atoms with van der Waals surface area (Å²) in [6.07, 6.45) is 0.667. The summed E-state index contributed by atoms with van der Waals surface area (Å²) in [6, 6.07) is 4.16. The maximum absolute atomic E-state index is 12.2. The van der Waals surface area contributed by atoms with E-state index in [2.05, 4.69) is 26.9 Å². The lowest BCUT2D eigenvalue weighted by atomic mass is 9.96. The van der Waals surface area contributed by atoms with E-state index < -0.39 is 5.60 Å². The minimum Gasteiger partial charge on any atom is -0.495 e. The first kappa shape index (κ1) is 20.4. The lowest BCUT2D eigenvalue weighted by Gasteiger charge is -2.38. The first-order valence-electron chi connectivity index (χ1n) is 9.45. The largest absolute Gasteiger partial charge is 0.495 e. The van der Waals surface area contributed by atoms with Crippen LogP contribution in [0.5, 0.6) is 5.75 Å². The number of halogens is 1. The number of ether oxygens (including phenoxy) is 3. The summed E-state index contributed by atoms with van der Waals surface area (Å²) in [5.74, 6) is 0.913. The molecule has 2 heterocycles. The van der Waals surface area contributed by atoms with Crippen LogP contribution in [0, 0.1) is 0 Å². The number of hydrogen-bond acceptors (Lipinski definition) is 5. The van der Waals surface area contributed by atoms with Crippen LogP contribution in [0.3, 0.4) is 0 Å². The Morgan fingerprint density at radius 1 is 1.26 bits per heavy atom. The fraction of sp³-hybridized carbons (Fsp3) is 0.650. The van der Waals surface area contributed by atoms with Gasteiger partial charge in [-0.05, 0) is 54.8 Å². The van der Waals surface area contributed by atoms with Crippen molar-refractivity contribution >= 4 is 22.0 Å². The van der Waals surface area contributed by atoms with Gasteiger partial charge < -0.3 is 19.1 Å². The van der Waals surface area contributed by atoms with Crippen LogP contribution < -0.4 is 4.74 Å². The van der Waals surface area contributed by atoms with Crippen molar-refractivity contribution in [1.82, 2.24) is 9.80 Å². The summed E-state index contributed by atoms with van der Waals surface area (Å²) in [4.78, 5) is 16.4. The van der Waals surface area contributed by atoms with Crippen molar-refractivity contribution < 1.29 is 19.0 Å². The Bertz CT molecular complexity index is 681. The van der Waals surface area contributed by atoms with Gasteiger partial charge in [-0.25, -0.2) is 4.79 Å². The predicted molar refractivity (Wildman–Crippen MR) is 107 cm³/mol. The van der Waals surface area contributed by atoms with Gasteiger partial charge in [0.05, 0.1) is 24.3 Å². The Labute approximate surface area is 169 Å². The SMILES string of the molecule is COc1c(Br)ccc2c1CCO[C@H]2CN1CCN(C(=O)OC(C)(C)C)CC1. The first-order valence-corrected chi connectivity index (χ1v) is 10.2. The number of hydrogen-bond donors (Lipinski definition) is 0. The summed E-state index contributed by atoms with van der Waals surface area (Å²) in [5.41, 5.74) is 1.98. The zero-order valence-electron chi connectivity index (χ0n) is 16.6. The van der Waals surface area contributed by atoms with E-state index in [4.69, 9.17) is 14.2 Å². The van der Waals surface area contributed by atoms with Gasteiger partial charge in [0.15, 0.2) is 0 Å². The standard InChI is InChI=1S/C20H29BrN2O4/c1-20(2,3)27-19(24)23-10-8-22(9-11-23)13-17-14-5-6-16(21)18(25-4)15(14)7-12-26-17/h5-6,17H,7-13H2,1-4H3/t17-/m0/s1. The molecule has 0 aliphatic carbocycles. The molecule has 0 saturated carbocycles. The summed E-state index contributed by atoms with van der Waals surface area (Å²) >= 11 is 3.57. The lowest BCUT2D eigenvalue weighted by molar-refractivity contribution is -0.00678. The van der Waals surface area contributed by atoms with E-state index >= 15 is 0 Å². The monoisotopic (exact) mass is 440 g/mol. The molecule has 2 aliphatic rings. The third kappa shape index (κ3) is 4.95. The molecule has 1 aromatic carbocycles. The molecule has 1 amide bonds. The molecular weight excluding hydrogens is 412 g/mol. The highest BCUT2D eigenvalue weighted by Gasteiger charge is 2.30. The molecule has 0 aromatic heterocycles. The van der Waals surface area contributed by atoms with Gasteiger partial charge in [0.1, 0.15) is 11.4 Å². The smallest absolute Gasteiger partial charge is 0.410 e. The van der Waals surface area contributed by atoms with Gasteiger partial charge in [0.2, 0.25) is 0 Å². The molecular formula is C20H29BrN2O4. The van der Waals surface area contributed by atoms with E-state index in [0.717, 1.165) is 36.3 Å². The van der Waals surface area contributed by atoms with E-state index in [9.17, 15) is 4.79 Å². The average molecular weight is 441 g/mol. The van der Waals surface area contributed by atoms with Gasteiger partial charge in [-0.2, -0.15) is 0 Å². The molecule has 0 N–H and O–H groups in total. The Kier molecular flexibility index (Phi) is 6.33. The molecule has 6 nitrogen and oxygen atoms in total. The molecule has 0 spiro atoms. The van der Waals surface area contributed by atoms with Crippen LogP contribution in [0.15, 0.2) is 16.6 Å². The normalized spacial score (nSPS) is 20.9. The fourth-order valence-electron chi connectivity index (χ4n) is 3.61. The van der Waals surface area contributed by atoms with Gasteiger partial charge >= 0.3 is 6.09 Å². The maximum atomic E-state index is 12.2. The number of fused-ring (bicyclic) bond motifs is 1. The average Bonchev–Trinajstić information content (AvgIpc) is 2.61. The number of methoxy groups -OCH3 is 1. The molecule has 1 atom stereocenters. The summed E-state index contributed by atoms with van der Waals surface area (Å²) in [6.45, 7) is 10.2. The highest BCUT2D eigenvalue weighted by atomic mass is 79.9. The second-order valence-electron chi connectivity index (χ2n) is 8.03. The molecule has 2 aliphatic heterocycles. The van der Waals surface area contributed by atoms with Crippen LogP contribution >= 0.6 is 15.9 Å². The van der Waals surface area contributed by atoms with Crippen molar-refractivity contribution in [2.24, 2.45) is 0 Å². The molecule has 7 heteroatoms. The van der Waals surface area contributed by atoms with Crippen molar-refractivity contribution in [2.75, 3.05) is 46.4 Å². The van der Waals surface area contributed by atoms with E-state index in [1.165, 1.54) is 11.1 Å². The number of rotatable bonds is 3. The maximum Gasteiger partial charge on any atom is 0.410 e. The fourth-order valence-corrected chi connectivity index (χ4v) is 4.15. The van der Waals surface area contributed by atoms with Crippen molar-refractivity contribution in [3.05, 3.63) is 27.7 Å². The number of amides is 1. The van der Waals surface area contributed by atoms with E-state index in [1.807, 2.05) is 26.8 Å². The molecule has 3 rings (SSSR count). The molecule has 0 unspecified atom stereocenters. The van der Waals surface area contributed by atoms with Gasteiger partial charge in [0, 0.05) is 38.3 Å². The first-order chi connectivity index (χ1) is 12.8. The van der Waals surface area contributed by atoms with Crippen LogP contribution in [0.2, 0.25) is 0 Å². The van der Waals surface area contributed by atoms with E-state index in [1.54, 1.807) is 12.0 Å². The second-order valence-corrected chi connectivity index (χ2v) is 8.88.